The first-order valence-corrected chi connectivity index (χ1v) is 16.5. The van der Waals surface area contributed by atoms with Crippen molar-refractivity contribution in [1.29, 1.82) is 0 Å². The number of aryl methyl sites for hydroxylation is 2. The minimum Gasteiger partial charge on any atom is -0.558 e. The van der Waals surface area contributed by atoms with Crippen molar-refractivity contribution < 1.29 is 45.0 Å². The van der Waals surface area contributed by atoms with Gasteiger partial charge >= 0.3 is 33.6 Å². The first-order valence-electron chi connectivity index (χ1n) is 14.3. The molecule has 0 aliphatic carbocycles. The number of rotatable bonds is 20. The molecule has 0 N–H and O–H groups in total. The molecular formula is C30H46FeO6P2+2. The summed E-state index contributed by atoms with van der Waals surface area (Å²) in [6.07, 6.45) is 20.4. The zero-order chi connectivity index (χ0) is 27.8. The number of unbranched alkanes of at least 4 members (excludes halogenated alkanes) is 12. The number of hydrogen-bond donors (Lipinski definition) is 0. The van der Waals surface area contributed by atoms with Gasteiger partial charge in [0.2, 0.25) is 0 Å². The van der Waals surface area contributed by atoms with E-state index in [1.807, 2.05) is 24.3 Å². The predicted octanol–water partition coefficient (Wildman–Crippen LogP) is 8.75. The van der Waals surface area contributed by atoms with Crippen molar-refractivity contribution in [2.75, 3.05) is 0 Å². The van der Waals surface area contributed by atoms with Crippen LogP contribution in [0.2, 0.25) is 0 Å². The molecule has 2 rings (SSSR count). The van der Waals surface area contributed by atoms with Crippen molar-refractivity contribution in [3.05, 3.63) is 59.7 Å². The van der Waals surface area contributed by atoms with E-state index < -0.39 is 16.5 Å². The van der Waals surface area contributed by atoms with Crippen LogP contribution in [-0.4, -0.2) is 0 Å². The summed E-state index contributed by atoms with van der Waals surface area (Å²) >= 11 is 0. The summed E-state index contributed by atoms with van der Waals surface area (Å²) in [6, 6.07) is 14.6. The third kappa shape index (κ3) is 22.1. The predicted molar refractivity (Wildman–Crippen MR) is 153 cm³/mol. The molecule has 6 nitrogen and oxygen atoms in total. The van der Waals surface area contributed by atoms with Crippen LogP contribution in [0.1, 0.15) is 115 Å². The van der Waals surface area contributed by atoms with Crippen LogP contribution >= 0.6 is 16.5 Å². The molecule has 9 heteroatoms. The van der Waals surface area contributed by atoms with Gasteiger partial charge in [0.15, 0.2) is 11.5 Å². The summed E-state index contributed by atoms with van der Waals surface area (Å²) in [6.45, 7) is 4.47. The molecule has 0 bridgehead atoms. The summed E-state index contributed by atoms with van der Waals surface area (Å²) in [7, 11) is -5.62. The third-order valence-electron chi connectivity index (χ3n) is 6.34. The van der Waals surface area contributed by atoms with E-state index in [1.54, 1.807) is 24.3 Å². The molecule has 0 saturated carbocycles. The van der Waals surface area contributed by atoms with Crippen LogP contribution in [-0.2, 0) is 39.0 Å². The maximum atomic E-state index is 10.4. The average molecular weight is 620 g/mol. The van der Waals surface area contributed by atoms with E-state index in [2.05, 4.69) is 22.9 Å². The molecular weight excluding hydrogens is 574 g/mol. The van der Waals surface area contributed by atoms with Gasteiger partial charge in [-0.25, -0.2) is 0 Å². The van der Waals surface area contributed by atoms with Crippen LogP contribution in [0.25, 0.3) is 0 Å². The number of benzene rings is 2. The molecule has 218 valence electrons. The van der Waals surface area contributed by atoms with Crippen LogP contribution in [0.5, 0.6) is 11.5 Å². The molecule has 0 aromatic heterocycles. The molecule has 0 saturated heterocycles. The van der Waals surface area contributed by atoms with E-state index in [0.717, 1.165) is 12.8 Å². The second-order valence-corrected chi connectivity index (χ2v) is 10.9. The summed E-state index contributed by atoms with van der Waals surface area (Å²) < 4.78 is 30.0. The standard InChI is InChI=1S/2C15H23O3P.Fe/c2*1-2-3-4-5-6-7-8-9-14-10-12-15(13-11-14)18-19(16)17;/h2*10-13H,2-9H2,1H3;/q;;+2. The first-order chi connectivity index (χ1) is 18.4. The second kappa shape index (κ2) is 25.6. The Morgan fingerprint density at radius 1 is 0.513 bits per heavy atom. The zero-order valence-electron chi connectivity index (χ0n) is 23.6. The van der Waals surface area contributed by atoms with Gasteiger partial charge in [-0.05, 0) is 70.2 Å². The fourth-order valence-electron chi connectivity index (χ4n) is 4.18. The van der Waals surface area contributed by atoms with Gasteiger partial charge in [-0.1, -0.05) is 115 Å². The third-order valence-corrected chi connectivity index (χ3v) is 7.06. The van der Waals surface area contributed by atoms with Crippen molar-refractivity contribution in [2.24, 2.45) is 0 Å². The molecule has 0 radical (unpaired) electrons. The van der Waals surface area contributed by atoms with Gasteiger partial charge < -0.3 is 9.79 Å². The maximum absolute atomic E-state index is 10.4. The van der Waals surface area contributed by atoms with Gasteiger partial charge in [0.1, 0.15) is 0 Å². The Labute approximate surface area is 248 Å². The SMILES string of the molecule is CCCCCCCCCc1ccc(O[P+](=O)[O-])cc1.CCCCCCCCCc1ccc(O[P+](=O)[O-])cc1.[Fe+2]. The molecule has 2 unspecified atom stereocenters. The minimum atomic E-state index is -2.81. The smallest absolute Gasteiger partial charge is 0.558 e. The topological polar surface area (TPSA) is 98.7 Å². The van der Waals surface area contributed by atoms with Gasteiger partial charge in [0.05, 0.1) is 0 Å². The fourth-order valence-corrected chi connectivity index (χ4v) is 4.77. The van der Waals surface area contributed by atoms with E-state index >= 15 is 0 Å². The monoisotopic (exact) mass is 620 g/mol. The van der Waals surface area contributed by atoms with Gasteiger partial charge in [0.25, 0.3) is 0 Å². The normalized spacial score (nSPS) is 11.1. The Balaban J connectivity index is 0.000000722. The van der Waals surface area contributed by atoms with Crippen molar-refractivity contribution >= 4 is 16.5 Å². The molecule has 0 amide bonds. The Hall–Kier alpha value is -1.32. The molecule has 0 spiro atoms. The quantitative estimate of drug-likeness (QED) is 0.0834. The van der Waals surface area contributed by atoms with Crippen LogP contribution < -0.4 is 18.8 Å². The number of hydrogen-bond acceptors (Lipinski definition) is 6. The molecule has 0 aliphatic heterocycles. The Morgan fingerprint density at radius 3 is 1.08 bits per heavy atom. The van der Waals surface area contributed by atoms with Crippen molar-refractivity contribution in [1.82, 2.24) is 0 Å². The molecule has 39 heavy (non-hydrogen) atoms. The minimum absolute atomic E-state index is 0. The first kappa shape index (κ1) is 37.7. The van der Waals surface area contributed by atoms with E-state index in [0.29, 0.717) is 11.5 Å². The van der Waals surface area contributed by atoms with Crippen LogP contribution in [0.3, 0.4) is 0 Å². The van der Waals surface area contributed by atoms with E-state index in [4.69, 9.17) is 0 Å². The van der Waals surface area contributed by atoms with Crippen LogP contribution in [0, 0.1) is 0 Å². The van der Waals surface area contributed by atoms with Crippen LogP contribution in [0.15, 0.2) is 48.5 Å². The Morgan fingerprint density at radius 2 is 0.795 bits per heavy atom. The van der Waals surface area contributed by atoms with Gasteiger partial charge in [-0.15, -0.1) is 0 Å². The molecule has 0 aliphatic rings. The summed E-state index contributed by atoms with van der Waals surface area (Å²) in [5.41, 5.74) is 2.48. The van der Waals surface area contributed by atoms with Gasteiger partial charge in [-0.2, -0.15) is 0 Å². The van der Waals surface area contributed by atoms with Crippen molar-refractivity contribution in [3.63, 3.8) is 0 Å². The fraction of sp³-hybridized carbons (Fsp3) is 0.600. The summed E-state index contributed by atoms with van der Waals surface area (Å²) in [5.74, 6) is 0.777. The average Bonchev–Trinajstić information content (AvgIpc) is 2.89. The summed E-state index contributed by atoms with van der Waals surface area (Å²) in [5, 5.41) is 0. The molecule has 0 heterocycles. The zero-order valence-corrected chi connectivity index (χ0v) is 26.5. The van der Waals surface area contributed by atoms with E-state index in [9.17, 15) is 18.9 Å². The van der Waals surface area contributed by atoms with E-state index in [1.165, 1.54) is 101 Å². The van der Waals surface area contributed by atoms with E-state index in [-0.39, 0.29) is 17.1 Å². The largest absolute Gasteiger partial charge is 2.00 e. The Kier molecular flexibility index (Phi) is 24.8. The molecule has 2 atom stereocenters. The Bertz CT molecular complexity index is 805. The van der Waals surface area contributed by atoms with Crippen molar-refractivity contribution in [3.8, 4) is 11.5 Å². The summed E-state index contributed by atoms with van der Waals surface area (Å²) in [4.78, 5) is 20.8. The maximum Gasteiger partial charge on any atom is 2.00 e. The van der Waals surface area contributed by atoms with Crippen LogP contribution in [0.4, 0.5) is 0 Å². The van der Waals surface area contributed by atoms with Gasteiger partial charge in [-0.3, -0.25) is 9.05 Å². The molecule has 0 fully saturated rings. The van der Waals surface area contributed by atoms with Gasteiger partial charge in [0, 0.05) is 0 Å². The molecule has 2 aromatic rings. The second-order valence-electron chi connectivity index (χ2n) is 9.66. The van der Waals surface area contributed by atoms with Crippen molar-refractivity contribution in [2.45, 2.75) is 117 Å². The molecule has 2 aromatic carbocycles.